The minimum Gasteiger partial charge on any atom is -0.368 e. The molecule has 0 radical (unpaired) electrons. The Balaban J connectivity index is 1.54. The van der Waals surface area contributed by atoms with Gasteiger partial charge in [0.05, 0.1) is 19.3 Å². The van der Waals surface area contributed by atoms with Crippen LogP contribution in [0.25, 0.3) is 0 Å². The molecule has 114 valence electrons. The van der Waals surface area contributed by atoms with Gasteiger partial charge in [0.25, 0.3) is 0 Å². The summed E-state index contributed by atoms with van der Waals surface area (Å²) in [5.74, 6) is 0. The molecule has 1 aliphatic heterocycles. The third-order valence-electron chi connectivity index (χ3n) is 4.14. The molecule has 0 atom stereocenters. The molecule has 3 nitrogen and oxygen atoms in total. The zero-order chi connectivity index (χ0) is 15.2. The highest BCUT2D eigenvalue weighted by Gasteiger charge is 2.15. The van der Waals surface area contributed by atoms with Crippen LogP contribution < -0.4 is 4.90 Å². The Morgan fingerprint density at radius 3 is 2.23 bits per heavy atom. The van der Waals surface area contributed by atoms with Crippen LogP contribution in [0.2, 0.25) is 0 Å². The molecule has 0 aromatic heterocycles. The summed E-state index contributed by atoms with van der Waals surface area (Å²) in [5, 5.41) is 6.78. The number of aryl methyl sites for hydroxylation is 1. The predicted octanol–water partition coefficient (Wildman–Crippen LogP) is 3.41. The van der Waals surface area contributed by atoms with Crippen molar-refractivity contribution in [2.45, 2.75) is 13.3 Å². The van der Waals surface area contributed by atoms with E-state index in [1.165, 1.54) is 16.8 Å². The summed E-state index contributed by atoms with van der Waals surface area (Å²) < 4.78 is 0. The molecular weight excluding hydrogens is 270 g/mol. The van der Waals surface area contributed by atoms with Gasteiger partial charge in [0, 0.05) is 18.8 Å². The molecule has 0 bridgehead atoms. The van der Waals surface area contributed by atoms with Crippen LogP contribution in [0.1, 0.15) is 18.1 Å². The summed E-state index contributed by atoms with van der Waals surface area (Å²) in [6.45, 7) is 6.17. The van der Waals surface area contributed by atoms with E-state index in [1.54, 1.807) is 0 Å². The third-order valence-corrected chi connectivity index (χ3v) is 4.14. The molecule has 0 N–H and O–H groups in total. The van der Waals surface area contributed by atoms with Gasteiger partial charge in [-0.25, -0.2) is 0 Å². The molecule has 2 aromatic rings. The fourth-order valence-corrected chi connectivity index (χ4v) is 2.70. The zero-order valence-electron chi connectivity index (χ0n) is 13.2. The quantitative estimate of drug-likeness (QED) is 0.805. The van der Waals surface area contributed by atoms with Crippen molar-refractivity contribution in [3.05, 3.63) is 65.7 Å². The standard InChI is InChI=1S/C19H23N3/c1-2-17-8-10-18(11-9-17)16-20-22-14-12-21(13-15-22)19-6-4-3-5-7-19/h3-11,16H,2,12-15H2,1H3/b20-16-. The Hall–Kier alpha value is -2.29. The van der Waals surface area contributed by atoms with Crippen molar-refractivity contribution in [2.24, 2.45) is 5.10 Å². The van der Waals surface area contributed by atoms with Crippen molar-refractivity contribution >= 4 is 11.9 Å². The molecule has 0 aliphatic carbocycles. The van der Waals surface area contributed by atoms with E-state index in [9.17, 15) is 0 Å². The molecule has 0 unspecified atom stereocenters. The van der Waals surface area contributed by atoms with E-state index in [0.717, 1.165) is 32.6 Å². The van der Waals surface area contributed by atoms with Crippen LogP contribution in [0.15, 0.2) is 59.7 Å². The predicted molar refractivity (Wildman–Crippen MR) is 93.6 cm³/mol. The van der Waals surface area contributed by atoms with Gasteiger partial charge < -0.3 is 4.90 Å². The lowest BCUT2D eigenvalue weighted by Crippen LogP contribution is -2.44. The van der Waals surface area contributed by atoms with Crippen molar-refractivity contribution < 1.29 is 0 Å². The monoisotopic (exact) mass is 293 g/mol. The number of hydrogen-bond acceptors (Lipinski definition) is 3. The maximum Gasteiger partial charge on any atom is 0.0542 e. The van der Waals surface area contributed by atoms with Gasteiger partial charge in [-0.3, -0.25) is 5.01 Å². The fourth-order valence-electron chi connectivity index (χ4n) is 2.70. The van der Waals surface area contributed by atoms with Crippen LogP contribution in [0.4, 0.5) is 5.69 Å². The van der Waals surface area contributed by atoms with Crippen LogP contribution in [-0.4, -0.2) is 37.4 Å². The molecular formula is C19H23N3. The van der Waals surface area contributed by atoms with E-state index < -0.39 is 0 Å². The van der Waals surface area contributed by atoms with Gasteiger partial charge in [0.15, 0.2) is 0 Å². The molecule has 1 saturated heterocycles. The van der Waals surface area contributed by atoms with Gasteiger partial charge >= 0.3 is 0 Å². The number of para-hydroxylation sites is 1. The first kappa shape index (κ1) is 14.6. The Labute approximate surface area is 132 Å². The summed E-state index contributed by atoms with van der Waals surface area (Å²) in [6.07, 6.45) is 3.05. The lowest BCUT2D eigenvalue weighted by molar-refractivity contribution is 0.272. The maximum absolute atomic E-state index is 4.62. The van der Waals surface area contributed by atoms with Crippen LogP contribution >= 0.6 is 0 Å². The number of anilines is 1. The SMILES string of the molecule is CCc1ccc(/C=N\N2CCN(c3ccccc3)CC2)cc1. The van der Waals surface area contributed by atoms with Crippen LogP contribution in [0.3, 0.4) is 0 Å². The molecule has 3 rings (SSSR count). The van der Waals surface area contributed by atoms with Crippen molar-refractivity contribution in [1.29, 1.82) is 0 Å². The van der Waals surface area contributed by atoms with Crippen LogP contribution in [-0.2, 0) is 6.42 Å². The first-order valence-electron chi connectivity index (χ1n) is 8.03. The van der Waals surface area contributed by atoms with Crippen molar-refractivity contribution in [2.75, 3.05) is 31.1 Å². The fraction of sp³-hybridized carbons (Fsp3) is 0.316. The van der Waals surface area contributed by atoms with E-state index >= 15 is 0 Å². The Bertz CT molecular complexity index is 596. The van der Waals surface area contributed by atoms with E-state index in [-0.39, 0.29) is 0 Å². The van der Waals surface area contributed by atoms with Crippen molar-refractivity contribution in [3.63, 3.8) is 0 Å². The summed E-state index contributed by atoms with van der Waals surface area (Å²) in [7, 11) is 0. The molecule has 0 saturated carbocycles. The van der Waals surface area contributed by atoms with Crippen molar-refractivity contribution in [3.8, 4) is 0 Å². The number of nitrogens with zero attached hydrogens (tertiary/aromatic N) is 3. The number of piperazine rings is 1. The average Bonchev–Trinajstić information content (AvgIpc) is 2.61. The minimum absolute atomic E-state index is 0.971. The van der Waals surface area contributed by atoms with Crippen LogP contribution in [0.5, 0.6) is 0 Å². The lowest BCUT2D eigenvalue weighted by atomic mass is 10.1. The zero-order valence-corrected chi connectivity index (χ0v) is 13.2. The highest BCUT2D eigenvalue weighted by molar-refractivity contribution is 5.79. The highest BCUT2D eigenvalue weighted by atomic mass is 15.5. The molecule has 0 amide bonds. The van der Waals surface area contributed by atoms with Gasteiger partial charge in [-0.2, -0.15) is 5.10 Å². The van der Waals surface area contributed by atoms with Crippen molar-refractivity contribution in [1.82, 2.24) is 5.01 Å². The minimum atomic E-state index is 0.971. The average molecular weight is 293 g/mol. The summed E-state index contributed by atoms with van der Waals surface area (Å²) in [4.78, 5) is 2.42. The molecule has 2 aromatic carbocycles. The summed E-state index contributed by atoms with van der Waals surface area (Å²) >= 11 is 0. The number of benzene rings is 2. The molecule has 0 spiro atoms. The van der Waals surface area contributed by atoms with Gasteiger partial charge in [-0.1, -0.05) is 49.4 Å². The van der Waals surface area contributed by atoms with Gasteiger partial charge in [-0.05, 0) is 29.7 Å². The summed E-state index contributed by atoms with van der Waals surface area (Å²) in [5.41, 5.74) is 3.84. The second kappa shape index (κ2) is 7.12. The molecule has 1 fully saturated rings. The Morgan fingerprint density at radius 2 is 1.59 bits per heavy atom. The second-order valence-corrected chi connectivity index (χ2v) is 5.62. The normalized spacial score (nSPS) is 15.5. The van der Waals surface area contributed by atoms with Gasteiger partial charge in [-0.15, -0.1) is 0 Å². The topological polar surface area (TPSA) is 18.8 Å². The van der Waals surface area contributed by atoms with Gasteiger partial charge in [0.1, 0.15) is 0 Å². The largest absolute Gasteiger partial charge is 0.368 e. The number of rotatable bonds is 4. The third kappa shape index (κ3) is 3.67. The van der Waals surface area contributed by atoms with Crippen LogP contribution in [0, 0.1) is 0 Å². The number of hydrogen-bond donors (Lipinski definition) is 0. The maximum atomic E-state index is 4.62. The first-order chi connectivity index (χ1) is 10.8. The molecule has 1 aliphatic rings. The van der Waals surface area contributed by atoms with E-state index in [0.29, 0.717) is 0 Å². The van der Waals surface area contributed by atoms with E-state index in [2.05, 4.69) is 76.5 Å². The lowest BCUT2D eigenvalue weighted by Gasteiger charge is -2.34. The molecule has 3 heteroatoms. The highest BCUT2D eigenvalue weighted by Crippen LogP contribution is 2.15. The Kier molecular flexibility index (Phi) is 4.74. The first-order valence-corrected chi connectivity index (χ1v) is 8.03. The van der Waals surface area contributed by atoms with E-state index in [4.69, 9.17) is 0 Å². The van der Waals surface area contributed by atoms with Gasteiger partial charge in [0.2, 0.25) is 0 Å². The smallest absolute Gasteiger partial charge is 0.0542 e. The summed E-state index contributed by atoms with van der Waals surface area (Å²) in [6, 6.07) is 19.2. The second-order valence-electron chi connectivity index (χ2n) is 5.62. The number of hydrazone groups is 1. The van der Waals surface area contributed by atoms with E-state index in [1.807, 2.05) is 6.21 Å². The molecule has 1 heterocycles. The molecule has 22 heavy (non-hydrogen) atoms. The Morgan fingerprint density at radius 1 is 0.909 bits per heavy atom.